The SMILES string of the molecule is CN=C(N)C=C(N)C1CC1. The van der Waals surface area contributed by atoms with Gasteiger partial charge in [-0.3, -0.25) is 4.99 Å². The number of nitrogens with zero attached hydrogens (tertiary/aromatic N) is 1. The van der Waals surface area contributed by atoms with E-state index in [1.54, 1.807) is 13.1 Å². The molecule has 0 heterocycles. The first-order valence-electron chi connectivity index (χ1n) is 3.43. The van der Waals surface area contributed by atoms with Crippen LogP contribution in [0.15, 0.2) is 16.8 Å². The number of nitrogens with two attached hydrogens (primary N) is 2. The zero-order chi connectivity index (χ0) is 7.56. The maximum absolute atomic E-state index is 5.66. The summed E-state index contributed by atoms with van der Waals surface area (Å²) in [5.41, 5.74) is 12.0. The molecule has 1 fully saturated rings. The first-order chi connectivity index (χ1) is 4.74. The van der Waals surface area contributed by atoms with Crippen molar-refractivity contribution >= 4 is 5.84 Å². The summed E-state index contributed by atoms with van der Waals surface area (Å²) >= 11 is 0. The molecule has 3 nitrogen and oxygen atoms in total. The van der Waals surface area contributed by atoms with Crippen molar-refractivity contribution in [3.63, 3.8) is 0 Å². The molecule has 0 atom stereocenters. The largest absolute Gasteiger partial charge is 0.402 e. The van der Waals surface area contributed by atoms with Crippen LogP contribution < -0.4 is 11.5 Å². The Hall–Kier alpha value is -0.990. The third-order valence-electron chi connectivity index (χ3n) is 1.62. The summed E-state index contributed by atoms with van der Waals surface area (Å²) < 4.78 is 0. The fourth-order valence-corrected chi connectivity index (χ4v) is 0.770. The maximum atomic E-state index is 5.66. The third kappa shape index (κ3) is 1.76. The molecule has 10 heavy (non-hydrogen) atoms. The molecular formula is C7H13N3. The minimum Gasteiger partial charge on any atom is -0.402 e. The second-order valence-electron chi connectivity index (χ2n) is 2.57. The molecule has 1 rings (SSSR count). The van der Waals surface area contributed by atoms with Gasteiger partial charge in [0, 0.05) is 12.7 Å². The van der Waals surface area contributed by atoms with Crippen molar-refractivity contribution in [1.29, 1.82) is 0 Å². The minimum absolute atomic E-state index is 0.518. The van der Waals surface area contributed by atoms with Crippen LogP contribution in [0.5, 0.6) is 0 Å². The highest BCUT2D eigenvalue weighted by Gasteiger charge is 2.23. The Morgan fingerprint density at radius 3 is 2.50 bits per heavy atom. The van der Waals surface area contributed by atoms with Crippen LogP contribution in [0.3, 0.4) is 0 Å². The normalized spacial score (nSPS) is 21.3. The first kappa shape index (κ1) is 7.12. The number of amidine groups is 1. The Kier molecular flexibility index (Phi) is 1.94. The summed E-state index contributed by atoms with van der Waals surface area (Å²) in [6.07, 6.45) is 4.16. The minimum atomic E-state index is 0.518. The topological polar surface area (TPSA) is 64.4 Å². The highest BCUT2D eigenvalue weighted by molar-refractivity contribution is 5.91. The summed E-state index contributed by atoms with van der Waals surface area (Å²) in [6.45, 7) is 0. The highest BCUT2D eigenvalue weighted by atomic mass is 14.8. The smallest absolute Gasteiger partial charge is 0.119 e. The molecule has 0 saturated heterocycles. The van der Waals surface area contributed by atoms with E-state index in [1.807, 2.05) is 0 Å². The lowest BCUT2D eigenvalue weighted by Crippen LogP contribution is -2.11. The molecule has 3 heteroatoms. The average Bonchev–Trinajstić information content (AvgIpc) is 2.68. The van der Waals surface area contributed by atoms with E-state index in [1.165, 1.54) is 12.8 Å². The van der Waals surface area contributed by atoms with Crippen LogP contribution in [0.2, 0.25) is 0 Å². The van der Waals surface area contributed by atoms with Crippen molar-refractivity contribution in [2.75, 3.05) is 7.05 Å². The molecule has 0 aliphatic heterocycles. The van der Waals surface area contributed by atoms with E-state index in [-0.39, 0.29) is 0 Å². The van der Waals surface area contributed by atoms with E-state index in [4.69, 9.17) is 11.5 Å². The molecule has 1 saturated carbocycles. The molecule has 0 aromatic heterocycles. The second kappa shape index (κ2) is 2.73. The monoisotopic (exact) mass is 139 g/mol. The van der Waals surface area contributed by atoms with E-state index in [2.05, 4.69) is 4.99 Å². The average molecular weight is 139 g/mol. The van der Waals surface area contributed by atoms with Gasteiger partial charge in [-0.15, -0.1) is 0 Å². The van der Waals surface area contributed by atoms with Gasteiger partial charge in [0.1, 0.15) is 5.84 Å². The summed E-state index contributed by atoms with van der Waals surface area (Å²) in [7, 11) is 1.66. The van der Waals surface area contributed by atoms with Gasteiger partial charge in [-0.1, -0.05) is 0 Å². The van der Waals surface area contributed by atoms with E-state index in [9.17, 15) is 0 Å². The fraction of sp³-hybridized carbons (Fsp3) is 0.571. The number of hydrogen-bond donors (Lipinski definition) is 2. The Bertz CT molecular complexity index is 177. The molecule has 1 aliphatic carbocycles. The van der Waals surface area contributed by atoms with Gasteiger partial charge in [-0.25, -0.2) is 0 Å². The predicted octanol–water partition coefficient (Wildman–Crippen LogP) is 0.226. The van der Waals surface area contributed by atoms with Gasteiger partial charge < -0.3 is 11.5 Å². The van der Waals surface area contributed by atoms with Crippen LogP contribution in [0.25, 0.3) is 0 Å². The molecule has 1 aliphatic rings. The number of allylic oxidation sites excluding steroid dienone is 1. The fourth-order valence-electron chi connectivity index (χ4n) is 0.770. The zero-order valence-corrected chi connectivity index (χ0v) is 6.17. The number of hydrogen-bond acceptors (Lipinski definition) is 2. The molecule has 4 N–H and O–H groups in total. The molecule has 0 spiro atoms. The van der Waals surface area contributed by atoms with Crippen molar-refractivity contribution in [3.05, 3.63) is 11.8 Å². The lowest BCUT2D eigenvalue weighted by atomic mass is 10.3. The molecule has 0 bridgehead atoms. The Balaban J connectivity index is 2.51. The summed E-state index contributed by atoms with van der Waals surface area (Å²) in [5.74, 6) is 1.10. The molecule has 0 aromatic carbocycles. The Labute approximate surface area is 60.8 Å². The summed E-state index contributed by atoms with van der Waals surface area (Å²) in [4.78, 5) is 3.78. The van der Waals surface area contributed by atoms with E-state index >= 15 is 0 Å². The molecule has 0 aromatic rings. The lowest BCUT2D eigenvalue weighted by Gasteiger charge is -1.95. The van der Waals surface area contributed by atoms with Crippen LogP contribution >= 0.6 is 0 Å². The van der Waals surface area contributed by atoms with Crippen molar-refractivity contribution in [2.45, 2.75) is 12.8 Å². The lowest BCUT2D eigenvalue weighted by molar-refractivity contribution is 0.982. The molecular weight excluding hydrogens is 126 g/mol. The summed E-state index contributed by atoms with van der Waals surface area (Å²) in [6, 6.07) is 0. The molecule has 0 amide bonds. The van der Waals surface area contributed by atoms with Crippen LogP contribution in [0.1, 0.15) is 12.8 Å². The van der Waals surface area contributed by atoms with E-state index in [0.717, 1.165) is 5.70 Å². The van der Waals surface area contributed by atoms with Crippen molar-refractivity contribution in [3.8, 4) is 0 Å². The molecule has 0 radical (unpaired) electrons. The maximum Gasteiger partial charge on any atom is 0.119 e. The summed E-state index contributed by atoms with van der Waals surface area (Å²) in [5, 5.41) is 0. The van der Waals surface area contributed by atoms with Gasteiger partial charge in [0.25, 0.3) is 0 Å². The van der Waals surface area contributed by atoms with Crippen LogP contribution in [0.4, 0.5) is 0 Å². The van der Waals surface area contributed by atoms with Gasteiger partial charge in [0.15, 0.2) is 0 Å². The second-order valence-corrected chi connectivity index (χ2v) is 2.57. The highest BCUT2D eigenvalue weighted by Crippen LogP contribution is 2.33. The number of aliphatic imine (C=N–C) groups is 1. The van der Waals surface area contributed by atoms with Gasteiger partial charge in [0.2, 0.25) is 0 Å². The van der Waals surface area contributed by atoms with E-state index in [0.29, 0.717) is 11.8 Å². The van der Waals surface area contributed by atoms with Crippen LogP contribution in [-0.4, -0.2) is 12.9 Å². The third-order valence-corrected chi connectivity index (χ3v) is 1.62. The van der Waals surface area contributed by atoms with Gasteiger partial charge in [-0.2, -0.15) is 0 Å². The zero-order valence-electron chi connectivity index (χ0n) is 6.17. The van der Waals surface area contributed by atoms with Crippen LogP contribution in [-0.2, 0) is 0 Å². The quantitative estimate of drug-likeness (QED) is 0.425. The van der Waals surface area contributed by atoms with Crippen molar-refractivity contribution in [1.82, 2.24) is 0 Å². The predicted molar refractivity (Wildman–Crippen MR) is 42.5 cm³/mol. The van der Waals surface area contributed by atoms with Gasteiger partial charge in [0.05, 0.1) is 0 Å². The van der Waals surface area contributed by atoms with Crippen molar-refractivity contribution < 1.29 is 0 Å². The van der Waals surface area contributed by atoms with E-state index < -0.39 is 0 Å². The Morgan fingerprint density at radius 2 is 2.10 bits per heavy atom. The van der Waals surface area contributed by atoms with Crippen molar-refractivity contribution in [2.24, 2.45) is 22.4 Å². The van der Waals surface area contributed by atoms with Crippen LogP contribution in [0, 0.1) is 5.92 Å². The molecule has 0 unspecified atom stereocenters. The molecule has 56 valence electrons. The first-order valence-corrected chi connectivity index (χ1v) is 3.43. The standard InChI is InChI=1S/C7H13N3/c1-10-7(9)4-6(8)5-2-3-5/h4-5H,2-3,8H2,1H3,(H2,9,10). The van der Waals surface area contributed by atoms with Gasteiger partial charge >= 0.3 is 0 Å². The van der Waals surface area contributed by atoms with Gasteiger partial charge in [-0.05, 0) is 24.8 Å². The number of rotatable bonds is 2. The Morgan fingerprint density at radius 1 is 1.50 bits per heavy atom.